The second-order valence-electron chi connectivity index (χ2n) is 4.68. The quantitative estimate of drug-likeness (QED) is 0.879. The number of rotatable bonds is 2. The molecule has 0 bridgehead atoms. The summed E-state index contributed by atoms with van der Waals surface area (Å²) < 4.78 is 37.7. The van der Waals surface area contributed by atoms with Gasteiger partial charge in [0.15, 0.2) is 0 Å². The number of aliphatic hydroxyl groups is 1. The normalized spacial score (nSPS) is 19.2. The number of carbonyl (C=O) groups excluding carboxylic acids is 1. The molecule has 2 amide bonds. The molecule has 4 nitrogen and oxygen atoms in total. The van der Waals surface area contributed by atoms with Crippen molar-refractivity contribution < 1.29 is 23.1 Å². The van der Waals surface area contributed by atoms with Crippen molar-refractivity contribution in [2.75, 3.05) is 18.5 Å². The number of anilines is 1. The summed E-state index contributed by atoms with van der Waals surface area (Å²) in [5.74, 6) is 0. The predicted octanol–water partition coefficient (Wildman–Crippen LogP) is 2.69. The van der Waals surface area contributed by atoms with Crippen LogP contribution in [0.5, 0.6) is 0 Å². The van der Waals surface area contributed by atoms with Crippen molar-refractivity contribution in [1.29, 1.82) is 0 Å². The smallest absolute Gasteiger partial charge is 0.394 e. The molecule has 1 heterocycles. The number of nitrogens with zero attached hydrogens (tertiary/aromatic N) is 1. The number of halogens is 3. The Morgan fingerprint density at radius 2 is 2.20 bits per heavy atom. The summed E-state index contributed by atoms with van der Waals surface area (Å²) in [4.78, 5) is 13.4. The van der Waals surface area contributed by atoms with Gasteiger partial charge in [0.25, 0.3) is 0 Å². The van der Waals surface area contributed by atoms with Crippen molar-refractivity contribution >= 4 is 11.7 Å². The maximum Gasteiger partial charge on any atom is 0.416 e. The summed E-state index contributed by atoms with van der Waals surface area (Å²) in [7, 11) is 0. The van der Waals surface area contributed by atoms with Crippen molar-refractivity contribution in [2.45, 2.75) is 25.1 Å². The fourth-order valence-corrected chi connectivity index (χ4v) is 2.26. The Morgan fingerprint density at radius 1 is 1.45 bits per heavy atom. The van der Waals surface area contributed by atoms with Crippen LogP contribution in [-0.4, -0.2) is 35.2 Å². The van der Waals surface area contributed by atoms with Crippen LogP contribution in [0.2, 0.25) is 0 Å². The number of urea groups is 1. The minimum Gasteiger partial charge on any atom is -0.394 e. The standard InChI is InChI=1S/C13H15F3N2O2/c14-13(15,16)9-3-1-4-10(7-9)17-12(20)18-6-2-5-11(18)8-19/h1,3-4,7,11,19H,2,5-6,8H2,(H,17,20)/t11-/m1/s1. The van der Waals surface area contributed by atoms with E-state index in [9.17, 15) is 18.0 Å². The first-order valence-corrected chi connectivity index (χ1v) is 6.27. The molecule has 0 aromatic heterocycles. The molecule has 1 aliphatic rings. The third-order valence-electron chi connectivity index (χ3n) is 3.29. The number of carbonyl (C=O) groups is 1. The molecule has 0 spiro atoms. The second kappa shape index (κ2) is 5.70. The van der Waals surface area contributed by atoms with Gasteiger partial charge in [0, 0.05) is 12.2 Å². The molecule has 2 N–H and O–H groups in total. The molecule has 7 heteroatoms. The highest BCUT2D eigenvalue weighted by Gasteiger charge is 2.31. The van der Waals surface area contributed by atoms with E-state index in [1.165, 1.54) is 17.0 Å². The average Bonchev–Trinajstić information content (AvgIpc) is 2.86. The van der Waals surface area contributed by atoms with E-state index in [1.54, 1.807) is 0 Å². The molecule has 20 heavy (non-hydrogen) atoms. The van der Waals surface area contributed by atoms with Crippen molar-refractivity contribution in [3.8, 4) is 0 Å². The lowest BCUT2D eigenvalue weighted by molar-refractivity contribution is -0.137. The van der Waals surface area contributed by atoms with Crippen LogP contribution in [0, 0.1) is 0 Å². The SMILES string of the molecule is O=C(Nc1cccc(C(F)(F)F)c1)N1CCC[C@@H]1CO. The van der Waals surface area contributed by atoms with Crippen LogP contribution in [0.1, 0.15) is 18.4 Å². The summed E-state index contributed by atoms with van der Waals surface area (Å²) in [5.41, 5.74) is -0.719. The highest BCUT2D eigenvalue weighted by molar-refractivity contribution is 5.89. The van der Waals surface area contributed by atoms with E-state index in [2.05, 4.69) is 5.32 Å². The van der Waals surface area contributed by atoms with Gasteiger partial charge in [-0.3, -0.25) is 0 Å². The van der Waals surface area contributed by atoms with Gasteiger partial charge in [0.2, 0.25) is 0 Å². The van der Waals surface area contributed by atoms with Crippen molar-refractivity contribution in [2.24, 2.45) is 0 Å². The fraction of sp³-hybridized carbons (Fsp3) is 0.462. The van der Waals surface area contributed by atoms with Gasteiger partial charge in [0.05, 0.1) is 18.2 Å². The summed E-state index contributed by atoms with van der Waals surface area (Å²) in [6, 6.07) is 3.73. The maximum absolute atomic E-state index is 12.6. The molecule has 1 aromatic carbocycles. The molecule has 1 atom stereocenters. The summed E-state index contributed by atoms with van der Waals surface area (Å²) >= 11 is 0. The highest BCUT2D eigenvalue weighted by Crippen LogP contribution is 2.30. The molecular formula is C13H15F3N2O2. The monoisotopic (exact) mass is 288 g/mol. The van der Waals surface area contributed by atoms with Crippen molar-refractivity contribution in [3.63, 3.8) is 0 Å². The Labute approximate surface area is 114 Å². The molecule has 0 radical (unpaired) electrons. The molecule has 1 saturated heterocycles. The van der Waals surface area contributed by atoms with Crippen molar-refractivity contribution in [3.05, 3.63) is 29.8 Å². The van der Waals surface area contributed by atoms with Gasteiger partial charge >= 0.3 is 12.2 Å². The Hall–Kier alpha value is -1.76. The second-order valence-corrected chi connectivity index (χ2v) is 4.68. The van der Waals surface area contributed by atoms with Gasteiger partial charge in [-0.2, -0.15) is 13.2 Å². The van der Waals surface area contributed by atoms with Crippen LogP contribution < -0.4 is 5.32 Å². The lowest BCUT2D eigenvalue weighted by Crippen LogP contribution is -2.40. The van der Waals surface area contributed by atoms with Gasteiger partial charge in [-0.25, -0.2) is 4.79 Å². The van der Waals surface area contributed by atoms with Crippen LogP contribution in [0.3, 0.4) is 0 Å². The number of hydrogen-bond acceptors (Lipinski definition) is 2. The zero-order valence-corrected chi connectivity index (χ0v) is 10.7. The van der Waals surface area contributed by atoms with Gasteiger partial charge in [-0.05, 0) is 31.0 Å². The summed E-state index contributed by atoms with van der Waals surface area (Å²) in [6.45, 7) is 0.353. The number of amides is 2. The Kier molecular flexibility index (Phi) is 4.17. The number of nitrogens with one attached hydrogen (secondary N) is 1. The van der Waals surface area contributed by atoms with Gasteiger partial charge in [-0.15, -0.1) is 0 Å². The van der Waals surface area contributed by atoms with Crippen LogP contribution in [0.4, 0.5) is 23.7 Å². The van der Waals surface area contributed by atoms with Crippen LogP contribution >= 0.6 is 0 Å². The topological polar surface area (TPSA) is 52.6 Å². The number of aliphatic hydroxyl groups excluding tert-OH is 1. The molecule has 1 aromatic rings. The number of likely N-dealkylation sites (tertiary alicyclic amines) is 1. The average molecular weight is 288 g/mol. The molecule has 110 valence electrons. The Morgan fingerprint density at radius 3 is 2.85 bits per heavy atom. The van der Waals surface area contributed by atoms with Gasteiger partial charge in [0.1, 0.15) is 0 Å². The zero-order valence-electron chi connectivity index (χ0n) is 10.7. The zero-order chi connectivity index (χ0) is 14.8. The Bertz CT molecular complexity index is 491. The van der Waals surface area contributed by atoms with Gasteiger partial charge in [-0.1, -0.05) is 6.07 Å². The molecule has 0 saturated carbocycles. The lowest BCUT2D eigenvalue weighted by atomic mass is 10.2. The van der Waals surface area contributed by atoms with Crippen LogP contribution in [-0.2, 0) is 6.18 Å². The lowest BCUT2D eigenvalue weighted by Gasteiger charge is -2.23. The number of alkyl halides is 3. The number of hydrogen-bond donors (Lipinski definition) is 2. The minimum absolute atomic E-state index is 0.0911. The van der Waals surface area contributed by atoms with Crippen LogP contribution in [0.15, 0.2) is 24.3 Å². The third-order valence-corrected chi connectivity index (χ3v) is 3.29. The van der Waals surface area contributed by atoms with Crippen molar-refractivity contribution in [1.82, 2.24) is 4.90 Å². The Balaban J connectivity index is 2.08. The van der Waals surface area contributed by atoms with E-state index in [0.29, 0.717) is 13.0 Å². The molecule has 0 aliphatic carbocycles. The highest BCUT2D eigenvalue weighted by atomic mass is 19.4. The first-order valence-electron chi connectivity index (χ1n) is 6.27. The van der Waals surface area contributed by atoms with E-state index in [0.717, 1.165) is 18.6 Å². The largest absolute Gasteiger partial charge is 0.416 e. The van der Waals surface area contributed by atoms with E-state index in [1.807, 2.05) is 0 Å². The molecule has 1 aliphatic heterocycles. The molecule has 2 rings (SSSR count). The minimum atomic E-state index is -4.44. The summed E-state index contributed by atoms with van der Waals surface area (Å²) in [6.07, 6.45) is -2.96. The first-order chi connectivity index (χ1) is 9.41. The third kappa shape index (κ3) is 3.22. The van der Waals surface area contributed by atoms with Crippen LogP contribution in [0.25, 0.3) is 0 Å². The summed E-state index contributed by atoms with van der Waals surface area (Å²) in [5, 5.41) is 11.6. The maximum atomic E-state index is 12.6. The molecular weight excluding hydrogens is 273 g/mol. The van der Waals surface area contributed by atoms with E-state index >= 15 is 0 Å². The molecule has 1 fully saturated rings. The van der Waals surface area contributed by atoms with E-state index < -0.39 is 17.8 Å². The molecule has 0 unspecified atom stereocenters. The first kappa shape index (κ1) is 14.6. The predicted molar refractivity (Wildman–Crippen MR) is 67.3 cm³/mol. The number of benzene rings is 1. The fourth-order valence-electron chi connectivity index (χ4n) is 2.26. The van der Waals surface area contributed by atoms with E-state index in [-0.39, 0.29) is 18.3 Å². The van der Waals surface area contributed by atoms with E-state index in [4.69, 9.17) is 5.11 Å². The van der Waals surface area contributed by atoms with Gasteiger partial charge < -0.3 is 15.3 Å².